The van der Waals surface area contributed by atoms with E-state index in [-0.39, 0.29) is 11.5 Å². The van der Waals surface area contributed by atoms with Crippen LogP contribution in [0.3, 0.4) is 0 Å². The zero-order valence-corrected chi connectivity index (χ0v) is 24.2. The van der Waals surface area contributed by atoms with E-state index >= 15 is 0 Å². The predicted molar refractivity (Wildman–Crippen MR) is 153 cm³/mol. The summed E-state index contributed by atoms with van der Waals surface area (Å²) in [5.74, 6) is -4.41. The number of carbonyl (C=O) groups is 4. The minimum atomic E-state index is -1.49. The molecule has 0 fully saturated rings. The molecule has 0 amide bonds. The van der Waals surface area contributed by atoms with Crippen LogP contribution in [-0.4, -0.2) is 23.9 Å². The van der Waals surface area contributed by atoms with E-state index in [4.69, 9.17) is 19.2 Å². The second-order valence-corrected chi connectivity index (χ2v) is 10.7. The Labute approximate surface area is 251 Å². The fraction of sp³-hybridized carbons (Fsp3) is 0.176. The van der Waals surface area contributed by atoms with Crippen molar-refractivity contribution in [3.05, 3.63) is 117 Å². The first-order valence-electron chi connectivity index (χ1n) is 13.7. The maximum atomic E-state index is 12.7. The largest absolute Gasteiger partial charge is 0.467 e. The fourth-order valence-electron chi connectivity index (χ4n) is 5.35. The molecule has 222 valence electrons. The molecule has 2 atom stereocenters. The van der Waals surface area contributed by atoms with Gasteiger partial charge in [-0.25, -0.2) is 19.4 Å². The molecule has 10 heteroatoms. The quantitative estimate of drug-likeness (QED) is 0.0943. The first-order chi connectivity index (χ1) is 21.1. The normalized spacial score (nSPS) is 16.4. The molecule has 0 saturated carbocycles. The number of ether oxygens (including phenoxy) is 2. The molecule has 0 radical (unpaired) electrons. The van der Waals surface area contributed by atoms with Crippen molar-refractivity contribution in [1.29, 1.82) is 0 Å². The smallest absolute Gasteiger partial charge is 0.425 e. The van der Waals surface area contributed by atoms with Crippen LogP contribution in [0.2, 0.25) is 0 Å². The third kappa shape index (κ3) is 5.33. The lowest BCUT2D eigenvalue weighted by molar-refractivity contribution is -0.241. The van der Waals surface area contributed by atoms with Crippen molar-refractivity contribution in [2.45, 2.75) is 39.5 Å². The van der Waals surface area contributed by atoms with Crippen molar-refractivity contribution in [3.8, 4) is 23.0 Å². The molecule has 0 bridgehead atoms. The first-order valence-corrected chi connectivity index (χ1v) is 13.7. The van der Waals surface area contributed by atoms with Crippen LogP contribution in [0.15, 0.2) is 72.8 Å². The van der Waals surface area contributed by atoms with Crippen molar-refractivity contribution in [3.63, 3.8) is 0 Å². The van der Waals surface area contributed by atoms with E-state index in [0.29, 0.717) is 22.6 Å². The third-order valence-corrected chi connectivity index (χ3v) is 7.56. The van der Waals surface area contributed by atoms with Crippen molar-refractivity contribution in [2.75, 3.05) is 0 Å². The zero-order valence-electron chi connectivity index (χ0n) is 24.2. The van der Waals surface area contributed by atoms with Crippen LogP contribution in [0.1, 0.15) is 56.3 Å². The van der Waals surface area contributed by atoms with E-state index in [2.05, 4.69) is 9.78 Å². The van der Waals surface area contributed by atoms with Gasteiger partial charge in [0.15, 0.2) is 11.5 Å². The van der Waals surface area contributed by atoms with Crippen LogP contribution in [0, 0.1) is 27.7 Å². The van der Waals surface area contributed by atoms with Gasteiger partial charge in [-0.15, -0.1) is 0 Å². The Balaban J connectivity index is 1.10. The number of fused-ring (bicyclic) bond motifs is 2. The summed E-state index contributed by atoms with van der Waals surface area (Å²) in [5, 5.41) is 0. The third-order valence-electron chi connectivity index (χ3n) is 7.56. The summed E-state index contributed by atoms with van der Waals surface area (Å²) in [6.07, 6.45) is 0. The Morgan fingerprint density at radius 3 is 1.36 bits per heavy atom. The molecule has 2 aliphatic rings. The first kappa shape index (κ1) is 28.5. The van der Waals surface area contributed by atoms with E-state index in [1.807, 2.05) is 64.1 Å². The predicted octanol–water partition coefficient (Wildman–Crippen LogP) is 5.40. The van der Waals surface area contributed by atoms with Crippen LogP contribution in [0.25, 0.3) is 0 Å². The summed E-state index contributed by atoms with van der Waals surface area (Å²) in [4.78, 5) is 69.4. The maximum Gasteiger partial charge on any atom is 0.467 e. The van der Waals surface area contributed by atoms with E-state index in [1.165, 1.54) is 36.4 Å². The molecular formula is C34H26O10. The van der Waals surface area contributed by atoms with Crippen molar-refractivity contribution in [2.24, 2.45) is 0 Å². The van der Waals surface area contributed by atoms with Crippen LogP contribution >= 0.6 is 0 Å². The highest BCUT2D eigenvalue weighted by Crippen LogP contribution is 2.43. The lowest BCUT2D eigenvalue weighted by atomic mass is 9.88. The number of hydrogen-bond acceptors (Lipinski definition) is 10. The average molecular weight is 595 g/mol. The molecule has 4 aromatic rings. The Morgan fingerprint density at radius 2 is 0.955 bits per heavy atom. The second-order valence-electron chi connectivity index (χ2n) is 10.7. The molecule has 0 spiro atoms. The van der Waals surface area contributed by atoms with Gasteiger partial charge in [-0.2, -0.15) is 0 Å². The summed E-state index contributed by atoms with van der Waals surface area (Å²) in [6.45, 7) is 7.65. The highest BCUT2D eigenvalue weighted by molar-refractivity contribution is 6.29. The second kappa shape index (κ2) is 11.2. The molecule has 0 aliphatic carbocycles. The summed E-state index contributed by atoms with van der Waals surface area (Å²) in [5.41, 5.74) is 6.41. The van der Waals surface area contributed by atoms with Gasteiger partial charge in [0.2, 0.25) is 0 Å². The maximum absolute atomic E-state index is 12.7. The molecule has 0 N–H and O–H groups in total. The highest BCUT2D eigenvalue weighted by Gasteiger charge is 2.37. The zero-order chi connectivity index (χ0) is 31.1. The minimum Gasteiger partial charge on any atom is -0.425 e. The number of benzene rings is 4. The monoisotopic (exact) mass is 594 g/mol. The molecular weight excluding hydrogens is 568 g/mol. The van der Waals surface area contributed by atoms with Gasteiger partial charge in [0, 0.05) is 11.1 Å². The van der Waals surface area contributed by atoms with Gasteiger partial charge in [-0.3, -0.25) is 19.4 Å². The van der Waals surface area contributed by atoms with Gasteiger partial charge < -0.3 is 9.47 Å². The van der Waals surface area contributed by atoms with E-state index in [9.17, 15) is 19.2 Å². The molecule has 2 aliphatic heterocycles. The Kier molecular flexibility index (Phi) is 7.26. The number of rotatable bonds is 6. The molecule has 0 saturated heterocycles. The van der Waals surface area contributed by atoms with E-state index < -0.39 is 35.7 Å². The van der Waals surface area contributed by atoms with Crippen LogP contribution in [0.4, 0.5) is 0 Å². The Hall–Kier alpha value is -5.64. The van der Waals surface area contributed by atoms with Gasteiger partial charge >= 0.3 is 23.9 Å². The van der Waals surface area contributed by atoms with Crippen molar-refractivity contribution < 1.29 is 48.2 Å². The number of aryl methyl sites for hydroxylation is 4. The van der Waals surface area contributed by atoms with Crippen molar-refractivity contribution >= 4 is 23.9 Å². The Morgan fingerprint density at radius 1 is 0.545 bits per heavy atom. The van der Waals surface area contributed by atoms with Gasteiger partial charge in [-0.05, 0) is 86.3 Å². The number of esters is 2. The summed E-state index contributed by atoms with van der Waals surface area (Å²) in [6, 6.07) is 20.4. The molecule has 10 nitrogen and oxygen atoms in total. The number of hydrogen-bond donors (Lipinski definition) is 0. The molecule has 6 rings (SSSR count). The fourth-order valence-corrected chi connectivity index (χ4v) is 5.35. The molecule has 44 heavy (non-hydrogen) atoms. The van der Waals surface area contributed by atoms with Crippen LogP contribution in [0.5, 0.6) is 23.0 Å². The lowest BCUT2D eigenvalue weighted by Gasteiger charge is -2.13. The van der Waals surface area contributed by atoms with E-state index in [1.54, 1.807) is 0 Å². The van der Waals surface area contributed by atoms with Gasteiger partial charge in [0.1, 0.15) is 23.3 Å². The SMILES string of the molecule is Cc1ccc(C)c(C2C(=O)Oc3ccc(OOC(=O)C(=O)OOc4ccc5c(c4)C(c4cc(C)ccc4C)C(=O)O5)cc32)c1. The van der Waals surface area contributed by atoms with Gasteiger partial charge in [0.05, 0.1) is 0 Å². The minimum absolute atomic E-state index is 0.0557. The molecule has 4 aromatic carbocycles. The summed E-state index contributed by atoms with van der Waals surface area (Å²) >= 11 is 0. The standard InChI is InChI=1S/C34H26O10/c1-17-5-7-19(3)23(13-17)29-25-15-21(9-11-27(25)39-31(29)35)41-43-33(37)34(38)44-42-22-10-12-28-26(16-22)30(32(36)40-28)24-14-18(2)6-8-20(24)4/h5-16,29-30H,1-4H3. The lowest BCUT2D eigenvalue weighted by Crippen LogP contribution is -2.23. The van der Waals surface area contributed by atoms with E-state index in [0.717, 1.165) is 33.4 Å². The molecule has 2 heterocycles. The van der Waals surface area contributed by atoms with Crippen LogP contribution < -0.4 is 19.2 Å². The molecule has 2 unspecified atom stereocenters. The summed E-state index contributed by atoms with van der Waals surface area (Å²) < 4.78 is 10.8. The topological polar surface area (TPSA) is 124 Å². The van der Waals surface area contributed by atoms with Gasteiger partial charge in [-0.1, -0.05) is 47.5 Å². The Bertz CT molecular complexity index is 1720. The number of carbonyl (C=O) groups excluding carboxylic acids is 4. The molecule has 0 aromatic heterocycles. The van der Waals surface area contributed by atoms with Gasteiger partial charge in [0.25, 0.3) is 0 Å². The summed E-state index contributed by atoms with van der Waals surface area (Å²) in [7, 11) is 0. The highest BCUT2D eigenvalue weighted by atomic mass is 17.2. The average Bonchev–Trinajstić information content (AvgIpc) is 3.51. The van der Waals surface area contributed by atoms with Crippen LogP contribution in [-0.2, 0) is 29.0 Å². The van der Waals surface area contributed by atoms with Crippen molar-refractivity contribution in [1.82, 2.24) is 0 Å².